The van der Waals surface area contributed by atoms with Crippen molar-refractivity contribution >= 4 is 21.9 Å². The highest BCUT2D eigenvalue weighted by Gasteiger charge is 2.07. The molecule has 0 aliphatic carbocycles. The van der Waals surface area contributed by atoms with Crippen LogP contribution in [0.4, 0.5) is 0 Å². The molecule has 0 N–H and O–H groups in total. The summed E-state index contributed by atoms with van der Waals surface area (Å²) in [4.78, 5) is 8.85. The topological polar surface area (TPSA) is 30.7 Å². The van der Waals surface area contributed by atoms with Crippen LogP contribution in [0.3, 0.4) is 0 Å². The number of aryl methyl sites for hydroxylation is 1. The van der Waals surface area contributed by atoms with Gasteiger partial charge in [-0.15, -0.1) is 0 Å². The molecule has 0 saturated carbocycles. The molecule has 0 amide bonds. The van der Waals surface area contributed by atoms with Gasteiger partial charge in [0.15, 0.2) is 0 Å². The third-order valence-electron chi connectivity index (χ3n) is 3.70. The van der Waals surface area contributed by atoms with Crippen molar-refractivity contribution in [3.05, 3.63) is 61.1 Å². The van der Waals surface area contributed by atoms with Crippen molar-refractivity contribution in [2.75, 3.05) is 0 Å². The molecule has 0 fully saturated rings. The van der Waals surface area contributed by atoms with Gasteiger partial charge in [0, 0.05) is 36.7 Å². The van der Waals surface area contributed by atoms with Crippen LogP contribution in [0.5, 0.6) is 0 Å². The first kappa shape index (κ1) is 11.2. The van der Waals surface area contributed by atoms with Gasteiger partial charge in [0.1, 0.15) is 0 Å². The molecule has 2 aromatic heterocycles. The molecule has 0 aliphatic rings. The van der Waals surface area contributed by atoms with Crippen molar-refractivity contribution in [1.29, 1.82) is 0 Å². The molecule has 4 aromatic rings. The highest BCUT2D eigenvalue weighted by Crippen LogP contribution is 2.29. The summed E-state index contributed by atoms with van der Waals surface area (Å²) in [7, 11) is 2.06. The van der Waals surface area contributed by atoms with Crippen molar-refractivity contribution in [2.24, 2.45) is 7.05 Å². The summed E-state index contributed by atoms with van der Waals surface area (Å²) in [5.74, 6) is 0. The monoisotopic (exact) mass is 259 g/mol. The highest BCUT2D eigenvalue weighted by molar-refractivity contribution is 5.94. The maximum Gasteiger partial charge on any atom is 0.0965 e. The van der Waals surface area contributed by atoms with Crippen LogP contribution < -0.4 is 0 Å². The Morgan fingerprint density at radius 2 is 1.85 bits per heavy atom. The molecular weight excluding hydrogens is 246 g/mol. The number of hydrogen-bond acceptors (Lipinski definition) is 2. The van der Waals surface area contributed by atoms with Gasteiger partial charge >= 0.3 is 0 Å². The van der Waals surface area contributed by atoms with E-state index in [1.165, 1.54) is 16.5 Å². The Labute approximate surface area is 116 Å². The molecule has 0 unspecified atom stereocenters. The number of nitrogens with zero attached hydrogens (tertiary/aromatic N) is 3. The van der Waals surface area contributed by atoms with Crippen LogP contribution in [-0.4, -0.2) is 14.5 Å². The largest absolute Gasteiger partial charge is 0.351 e. The predicted octanol–water partition coefficient (Wildman–Crippen LogP) is 3.79. The Morgan fingerprint density at radius 1 is 0.950 bits per heavy atom. The lowest BCUT2D eigenvalue weighted by Gasteiger charge is -2.06. The Morgan fingerprint density at radius 3 is 2.80 bits per heavy atom. The number of para-hydroxylation sites is 1. The molecule has 0 bridgehead atoms. The first-order valence-corrected chi connectivity index (χ1v) is 6.58. The van der Waals surface area contributed by atoms with Gasteiger partial charge in [0.2, 0.25) is 0 Å². The fourth-order valence-corrected chi connectivity index (χ4v) is 2.66. The standard InChI is InChI=1S/C17H13N3/c1-20-10-7-12-5-6-13(11-16(12)20)14-3-2-4-15-17(14)19-9-8-18-15/h2-11H,1H3. The number of benzene rings is 2. The van der Waals surface area contributed by atoms with Crippen LogP contribution in [0.1, 0.15) is 0 Å². The predicted molar refractivity (Wildman–Crippen MR) is 81.5 cm³/mol. The van der Waals surface area contributed by atoms with Crippen molar-refractivity contribution in [3.63, 3.8) is 0 Å². The number of hydrogen-bond donors (Lipinski definition) is 0. The van der Waals surface area contributed by atoms with Crippen molar-refractivity contribution < 1.29 is 0 Å². The second-order valence-electron chi connectivity index (χ2n) is 4.93. The lowest BCUT2D eigenvalue weighted by Crippen LogP contribution is -1.88. The van der Waals surface area contributed by atoms with Gasteiger partial charge in [-0.05, 0) is 29.1 Å². The Bertz CT molecular complexity index is 916. The van der Waals surface area contributed by atoms with Crippen LogP contribution in [0.15, 0.2) is 61.1 Å². The lowest BCUT2D eigenvalue weighted by atomic mass is 10.0. The Hall–Kier alpha value is -2.68. The highest BCUT2D eigenvalue weighted by atomic mass is 14.9. The molecule has 0 atom stereocenters. The quantitative estimate of drug-likeness (QED) is 0.520. The van der Waals surface area contributed by atoms with Crippen molar-refractivity contribution in [1.82, 2.24) is 14.5 Å². The molecule has 0 radical (unpaired) electrons. The summed E-state index contributed by atoms with van der Waals surface area (Å²) in [6.07, 6.45) is 5.55. The Kier molecular flexibility index (Phi) is 2.33. The van der Waals surface area contributed by atoms with Gasteiger partial charge in [0.25, 0.3) is 0 Å². The SMILES string of the molecule is Cn1ccc2ccc(-c3cccc4nccnc34)cc21. The van der Waals surface area contributed by atoms with E-state index in [-0.39, 0.29) is 0 Å². The molecule has 0 saturated heterocycles. The molecule has 0 spiro atoms. The number of rotatable bonds is 1. The molecular formula is C17H13N3. The minimum atomic E-state index is 0.928. The zero-order valence-corrected chi connectivity index (χ0v) is 11.1. The van der Waals surface area contributed by atoms with E-state index in [2.05, 4.69) is 58.1 Å². The van der Waals surface area contributed by atoms with Gasteiger partial charge in [0.05, 0.1) is 11.0 Å². The summed E-state index contributed by atoms with van der Waals surface area (Å²) in [6.45, 7) is 0. The zero-order valence-electron chi connectivity index (χ0n) is 11.1. The van der Waals surface area contributed by atoms with Crippen LogP contribution in [-0.2, 0) is 7.05 Å². The smallest absolute Gasteiger partial charge is 0.0965 e. The van der Waals surface area contributed by atoms with E-state index in [1.54, 1.807) is 12.4 Å². The molecule has 0 aliphatic heterocycles. The van der Waals surface area contributed by atoms with Crippen LogP contribution in [0.25, 0.3) is 33.1 Å². The van der Waals surface area contributed by atoms with E-state index in [0.29, 0.717) is 0 Å². The summed E-state index contributed by atoms with van der Waals surface area (Å²) >= 11 is 0. The summed E-state index contributed by atoms with van der Waals surface area (Å²) in [6, 6.07) is 14.8. The van der Waals surface area contributed by atoms with Crippen LogP contribution in [0.2, 0.25) is 0 Å². The minimum Gasteiger partial charge on any atom is -0.351 e. The van der Waals surface area contributed by atoms with Crippen molar-refractivity contribution in [2.45, 2.75) is 0 Å². The van der Waals surface area contributed by atoms with Gasteiger partial charge in [-0.3, -0.25) is 9.97 Å². The molecule has 96 valence electrons. The molecule has 4 rings (SSSR count). The fraction of sp³-hybridized carbons (Fsp3) is 0.0588. The summed E-state index contributed by atoms with van der Waals surface area (Å²) in [5, 5.41) is 1.25. The molecule has 2 heterocycles. The first-order valence-electron chi connectivity index (χ1n) is 6.58. The van der Waals surface area contributed by atoms with Crippen molar-refractivity contribution in [3.8, 4) is 11.1 Å². The van der Waals surface area contributed by atoms with Crippen LogP contribution in [0, 0.1) is 0 Å². The average molecular weight is 259 g/mol. The molecule has 2 aromatic carbocycles. The maximum atomic E-state index is 4.48. The molecule has 3 nitrogen and oxygen atoms in total. The minimum absolute atomic E-state index is 0.928. The van der Waals surface area contributed by atoms with E-state index < -0.39 is 0 Å². The van der Waals surface area contributed by atoms with E-state index in [9.17, 15) is 0 Å². The normalized spacial score (nSPS) is 11.2. The third-order valence-corrected chi connectivity index (χ3v) is 3.70. The Balaban J connectivity index is 2.03. The second kappa shape index (κ2) is 4.17. The molecule has 3 heteroatoms. The zero-order chi connectivity index (χ0) is 13.5. The van der Waals surface area contributed by atoms with Gasteiger partial charge in [-0.1, -0.05) is 24.3 Å². The van der Waals surface area contributed by atoms with E-state index in [4.69, 9.17) is 0 Å². The first-order chi connectivity index (χ1) is 9.83. The molecule has 20 heavy (non-hydrogen) atoms. The van der Waals surface area contributed by atoms with Gasteiger partial charge in [-0.25, -0.2) is 0 Å². The lowest BCUT2D eigenvalue weighted by molar-refractivity contribution is 0.969. The van der Waals surface area contributed by atoms with E-state index in [0.717, 1.165) is 16.6 Å². The number of aromatic nitrogens is 3. The third kappa shape index (κ3) is 1.60. The number of fused-ring (bicyclic) bond motifs is 2. The van der Waals surface area contributed by atoms with Crippen LogP contribution >= 0.6 is 0 Å². The summed E-state index contributed by atoms with van der Waals surface area (Å²) in [5.41, 5.74) is 5.40. The average Bonchev–Trinajstić information content (AvgIpc) is 2.88. The van der Waals surface area contributed by atoms with E-state index in [1.807, 2.05) is 12.1 Å². The maximum absolute atomic E-state index is 4.48. The van der Waals surface area contributed by atoms with Gasteiger partial charge < -0.3 is 4.57 Å². The second-order valence-corrected chi connectivity index (χ2v) is 4.93. The fourth-order valence-electron chi connectivity index (χ4n) is 2.66. The van der Waals surface area contributed by atoms with Gasteiger partial charge in [-0.2, -0.15) is 0 Å². The summed E-state index contributed by atoms with van der Waals surface area (Å²) < 4.78 is 2.13. The van der Waals surface area contributed by atoms with E-state index >= 15 is 0 Å².